The summed E-state index contributed by atoms with van der Waals surface area (Å²) >= 11 is 0. The lowest BCUT2D eigenvalue weighted by atomic mass is 9.73. The van der Waals surface area contributed by atoms with E-state index in [2.05, 4.69) is 12.2 Å². The van der Waals surface area contributed by atoms with Crippen molar-refractivity contribution in [2.24, 2.45) is 5.92 Å². The van der Waals surface area contributed by atoms with Gasteiger partial charge in [0, 0.05) is 0 Å². The number of esters is 1. The molecule has 5 nitrogen and oxygen atoms in total. The van der Waals surface area contributed by atoms with Crippen molar-refractivity contribution in [2.45, 2.75) is 44.8 Å². The van der Waals surface area contributed by atoms with E-state index in [1.807, 2.05) is 0 Å². The van der Waals surface area contributed by atoms with E-state index in [1.54, 1.807) is 12.1 Å². The summed E-state index contributed by atoms with van der Waals surface area (Å²) in [5, 5.41) is 3.33. The fourth-order valence-corrected chi connectivity index (χ4v) is 3.71. The predicted molar refractivity (Wildman–Crippen MR) is 86.3 cm³/mol. The van der Waals surface area contributed by atoms with E-state index in [-0.39, 0.29) is 30.8 Å². The molecule has 2 atom stereocenters. The molecule has 24 heavy (non-hydrogen) atoms. The third-order valence-corrected chi connectivity index (χ3v) is 5.16. The van der Waals surface area contributed by atoms with Gasteiger partial charge in [0.05, 0.1) is 6.67 Å². The zero-order valence-electron chi connectivity index (χ0n) is 13.9. The molecule has 1 aliphatic heterocycles. The van der Waals surface area contributed by atoms with Gasteiger partial charge in [-0.15, -0.1) is 0 Å². The van der Waals surface area contributed by atoms with Gasteiger partial charge in [-0.2, -0.15) is 0 Å². The van der Waals surface area contributed by atoms with Crippen LogP contribution in [0.15, 0.2) is 24.3 Å². The summed E-state index contributed by atoms with van der Waals surface area (Å²) in [5.41, 5.74) is 0.0766. The highest BCUT2D eigenvalue weighted by Gasteiger charge is 2.51. The second-order valence-corrected chi connectivity index (χ2v) is 6.75. The van der Waals surface area contributed by atoms with Gasteiger partial charge in [0.15, 0.2) is 0 Å². The molecule has 2 aliphatic rings. The number of hydrogen-bond acceptors (Lipinski definition) is 4. The van der Waals surface area contributed by atoms with Gasteiger partial charge in [-0.3, -0.25) is 14.9 Å². The Morgan fingerprint density at radius 1 is 1.46 bits per heavy atom. The van der Waals surface area contributed by atoms with Crippen LogP contribution in [0.4, 0.5) is 4.39 Å². The van der Waals surface area contributed by atoms with Gasteiger partial charge in [-0.05, 0) is 36.5 Å². The molecule has 0 aromatic heterocycles. The van der Waals surface area contributed by atoms with Gasteiger partial charge in [0.2, 0.25) is 5.91 Å². The molecule has 1 heterocycles. The van der Waals surface area contributed by atoms with E-state index in [1.165, 1.54) is 17.0 Å². The average molecular weight is 334 g/mol. The summed E-state index contributed by atoms with van der Waals surface area (Å²) in [6.07, 6.45) is 4.02. The molecule has 1 saturated heterocycles. The van der Waals surface area contributed by atoms with Gasteiger partial charge in [-0.1, -0.05) is 31.9 Å². The number of halogens is 1. The fourth-order valence-electron chi connectivity index (χ4n) is 3.71. The Balaban J connectivity index is 1.54. The standard InChI is InChI=1S/C18H23FN2O3/c1-13-5-2-3-8-18(13)17(23)21(12-20-18)10-16(22)24-11-14-6-4-7-15(19)9-14/h4,6-7,9,13,20H,2-3,5,8,10-12H2,1H3. The Bertz CT molecular complexity index is 636. The Hall–Kier alpha value is -1.95. The van der Waals surface area contributed by atoms with E-state index in [0.717, 1.165) is 25.7 Å². The molecule has 2 unspecified atom stereocenters. The minimum atomic E-state index is -0.513. The SMILES string of the molecule is CC1CCCCC12NCN(CC(=O)OCc1cccc(F)c1)C2=O. The lowest BCUT2D eigenvalue weighted by Gasteiger charge is -2.37. The van der Waals surface area contributed by atoms with Crippen LogP contribution in [0.1, 0.15) is 38.2 Å². The largest absolute Gasteiger partial charge is 0.459 e. The molecule has 1 spiro atoms. The highest BCUT2D eigenvalue weighted by atomic mass is 19.1. The van der Waals surface area contributed by atoms with Gasteiger partial charge in [0.1, 0.15) is 24.5 Å². The van der Waals surface area contributed by atoms with Crippen LogP contribution in [0.5, 0.6) is 0 Å². The van der Waals surface area contributed by atoms with Crippen molar-refractivity contribution in [3.63, 3.8) is 0 Å². The van der Waals surface area contributed by atoms with E-state index in [9.17, 15) is 14.0 Å². The second kappa shape index (κ2) is 6.89. The molecular weight excluding hydrogens is 311 g/mol. The summed E-state index contributed by atoms with van der Waals surface area (Å²) in [6, 6.07) is 5.93. The number of nitrogens with one attached hydrogen (secondary N) is 1. The number of nitrogens with zero attached hydrogens (tertiary/aromatic N) is 1. The van der Waals surface area contributed by atoms with Crippen LogP contribution in [0.25, 0.3) is 0 Å². The molecule has 1 aromatic rings. The maximum absolute atomic E-state index is 13.1. The highest BCUT2D eigenvalue weighted by Crippen LogP contribution is 2.37. The lowest BCUT2D eigenvalue weighted by molar-refractivity contribution is -0.150. The zero-order valence-corrected chi connectivity index (χ0v) is 13.9. The first kappa shape index (κ1) is 16.9. The van der Waals surface area contributed by atoms with Crippen LogP contribution in [0.3, 0.4) is 0 Å². The maximum Gasteiger partial charge on any atom is 0.326 e. The molecule has 0 radical (unpaired) electrons. The molecule has 130 valence electrons. The molecule has 6 heteroatoms. The first-order chi connectivity index (χ1) is 11.5. The molecule has 1 amide bonds. The van der Waals surface area contributed by atoms with Crippen molar-refractivity contribution in [3.05, 3.63) is 35.6 Å². The second-order valence-electron chi connectivity index (χ2n) is 6.75. The van der Waals surface area contributed by atoms with E-state index >= 15 is 0 Å². The Labute approximate surface area is 141 Å². The predicted octanol–water partition coefficient (Wildman–Crippen LogP) is 2.21. The van der Waals surface area contributed by atoms with Crippen molar-refractivity contribution in [3.8, 4) is 0 Å². The molecule has 0 bridgehead atoms. The number of ether oxygens (including phenoxy) is 1. The molecule has 1 aliphatic carbocycles. The van der Waals surface area contributed by atoms with Crippen molar-refractivity contribution in [1.82, 2.24) is 10.2 Å². The minimum absolute atomic E-state index is 0.00240. The number of amides is 1. The Morgan fingerprint density at radius 3 is 3.04 bits per heavy atom. The minimum Gasteiger partial charge on any atom is -0.459 e. The Kier molecular flexibility index (Phi) is 4.85. The molecule has 1 aromatic carbocycles. The topological polar surface area (TPSA) is 58.6 Å². The third-order valence-electron chi connectivity index (χ3n) is 5.16. The van der Waals surface area contributed by atoms with Crippen molar-refractivity contribution in [1.29, 1.82) is 0 Å². The quantitative estimate of drug-likeness (QED) is 0.858. The summed E-state index contributed by atoms with van der Waals surface area (Å²) in [6.45, 7) is 2.40. The normalized spacial score (nSPS) is 26.8. The maximum atomic E-state index is 13.1. The monoisotopic (exact) mass is 334 g/mol. The van der Waals surface area contributed by atoms with E-state index in [4.69, 9.17) is 4.74 Å². The molecular formula is C18H23FN2O3. The number of carbonyl (C=O) groups excluding carboxylic acids is 2. The average Bonchev–Trinajstić information content (AvgIpc) is 2.86. The highest BCUT2D eigenvalue weighted by molar-refractivity contribution is 5.91. The lowest BCUT2D eigenvalue weighted by Crippen LogP contribution is -2.53. The summed E-state index contributed by atoms with van der Waals surface area (Å²) in [7, 11) is 0. The van der Waals surface area contributed by atoms with Gasteiger partial charge >= 0.3 is 5.97 Å². The van der Waals surface area contributed by atoms with Crippen molar-refractivity contribution < 1.29 is 18.7 Å². The van der Waals surface area contributed by atoms with Gasteiger partial charge < -0.3 is 9.64 Å². The first-order valence-electron chi connectivity index (χ1n) is 8.46. The summed E-state index contributed by atoms with van der Waals surface area (Å²) in [5.74, 6) is -0.574. The summed E-state index contributed by atoms with van der Waals surface area (Å²) in [4.78, 5) is 26.3. The number of benzene rings is 1. The van der Waals surface area contributed by atoms with E-state index < -0.39 is 11.5 Å². The van der Waals surface area contributed by atoms with Crippen LogP contribution in [-0.4, -0.2) is 35.5 Å². The Morgan fingerprint density at radius 2 is 2.29 bits per heavy atom. The number of hydrogen-bond donors (Lipinski definition) is 1. The van der Waals surface area contributed by atoms with Gasteiger partial charge in [0.25, 0.3) is 0 Å². The first-order valence-corrected chi connectivity index (χ1v) is 8.46. The van der Waals surface area contributed by atoms with Crippen LogP contribution in [0, 0.1) is 11.7 Å². The molecule has 2 fully saturated rings. The van der Waals surface area contributed by atoms with Crippen LogP contribution in [-0.2, 0) is 20.9 Å². The van der Waals surface area contributed by atoms with Crippen LogP contribution >= 0.6 is 0 Å². The van der Waals surface area contributed by atoms with Crippen LogP contribution < -0.4 is 5.32 Å². The van der Waals surface area contributed by atoms with Crippen molar-refractivity contribution in [2.75, 3.05) is 13.2 Å². The molecule has 3 rings (SSSR count). The van der Waals surface area contributed by atoms with E-state index in [0.29, 0.717) is 12.2 Å². The smallest absolute Gasteiger partial charge is 0.326 e. The fraction of sp³-hybridized carbons (Fsp3) is 0.556. The van der Waals surface area contributed by atoms with Gasteiger partial charge in [-0.25, -0.2) is 4.39 Å². The van der Waals surface area contributed by atoms with Crippen LogP contribution in [0.2, 0.25) is 0 Å². The number of carbonyl (C=O) groups is 2. The zero-order chi connectivity index (χ0) is 17.2. The molecule has 1 N–H and O–H groups in total. The number of rotatable bonds is 4. The third kappa shape index (κ3) is 3.29. The summed E-state index contributed by atoms with van der Waals surface area (Å²) < 4.78 is 18.3. The van der Waals surface area contributed by atoms with Crippen molar-refractivity contribution >= 4 is 11.9 Å². The molecule has 1 saturated carbocycles.